The van der Waals surface area contributed by atoms with Gasteiger partial charge < -0.3 is 24.0 Å². The zero-order valence-corrected chi connectivity index (χ0v) is 34.0. The molecule has 296 valence electrons. The first-order valence-electron chi connectivity index (χ1n) is 20.1. The van der Waals surface area contributed by atoms with Gasteiger partial charge in [-0.05, 0) is 115 Å². The number of benzene rings is 8. The maximum Gasteiger partial charge on any atom is 0.338 e. The molecule has 0 saturated carbocycles. The topological polar surface area (TPSA) is 87.6 Å². The Morgan fingerprint density at radius 2 is 0.869 bits per heavy atom. The van der Waals surface area contributed by atoms with Gasteiger partial charge in [0.05, 0.1) is 41.4 Å². The summed E-state index contributed by atoms with van der Waals surface area (Å²) in [5.74, 6) is -0.369. The largest absolute Gasteiger partial charge is 0.462 e. The zero-order valence-electron chi connectivity index (χ0n) is 33.1. The van der Waals surface area contributed by atoms with Crippen LogP contribution >= 0.6 is 12.1 Å². The number of carbonyl (C=O) groups is 1. The molecule has 1 aliphatic heterocycles. The molecule has 10 rings (SSSR count). The summed E-state index contributed by atoms with van der Waals surface area (Å²) in [6.07, 6.45) is 0. The molecule has 0 atom stereocenters. The second-order valence-corrected chi connectivity index (χ2v) is 15.0. The van der Waals surface area contributed by atoms with Crippen LogP contribution in [0.4, 0.5) is 45.5 Å². The highest BCUT2D eigenvalue weighted by Gasteiger charge is 2.29. The smallest absolute Gasteiger partial charge is 0.338 e. The summed E-state index contributed by atoms with van der Waals surface area (Å²) in [5.41, 5.74) is 14.6. The molecule has 1 aliphatic rings. The first-order valence-corrected chi connectivity index (χ1v) is 20.9. The fraction of sp³-hybridized carbons (Fsp3) is 0.0392. The Labute approximate surface area is 358 Å². The lowest BCUT2D eigenvalue weighted by molar-refractivity contribution is 0.0526. The lowest BCUT2D eigenvalue weighted by Gasteiger charge is -2.26. The van der Waals surface area contributed by atoms with Gasteiger partial charge in [-0.2, -0.15) is 4.80 Å². The molecular weight excluding hydrogens is 775 g/mol. The fourth-order valence-electron chi connectivity index (χ4n) is 7.84. The number of carbonyl (C=O) groups excluding carboxylic acids is 1. The van der Waals surface area contributed by atoms with Crippen LogP contribution in [0.25, 0.3) is 39.0 Å². The van der Waals surface area contributed by atoms with Crippen LogP contribution in [0.3, 0.4) is 0 Å². The first kappa shape index (κ1) is 37.5. The second kappa shape index (κ2) is 16.4. The molecule has 9 aromatic rings. The Bertz CT molecular complexity index is 2700. The van der Waals surface area contributed by atoms with Crippen LogP contribution in [0.5, 0.6) is 0 Å². The van der Waals surface area contributed by atoms with E-state index in [0.29, 0.717) is 17.9 Å². The first-order chi connectivity index (χ1) is 30.1. The van der Waals surface area contributed by atoms with E-state index < -0.39 is 0 Å². The molecule has 9 nitrogen and oxygen atoms in total. The van der Waals surface area contributed by atoms with Crippen LogP contribution in [0.15, 0.2) is 194 Å². The van der Waals surface area contributed by atoms with Gasteiger partial charge in [0, 0.05) is 45.3 Å². The molecule has 2 N–H and O–H groups in total. The number of ether oxygens (including phenoxy) is 1. The summed E-state index contributed by atoms with van der Waals surface area (Å²) >= 11 is 1.43. The van der Waals surface area contributed by atoms with Gasteiger partial charge >= 0.3 is 5.97 Å². The van der Waals surface area contributed by atoms with Gasteiger partial charge in [0.25, 0.3) is 0 Å². The highest BCUT2D eigenvalue weighted by atomic mass is 32.2. The van der Waals surface area contributed by atoms with Gasteiger partial charge in [0.2, 0.25) is 0 Å². The van der Waals surface area contributed by atoms with Gasteiger partial charge in [-0.1, -0.05) is 97.1 Å². The minimum atomic E-state index is -0.369. The van der Waals surface area contributed by atoms with E-state index in [4.69, 9.17) is 14.9 Å². The monoisotopic (exact) mass is 813 g/mol. The van der Waals surface area contributed by atoms with Crippen molar-refractivity contribution >= 4 is 74.6 Å². The van der Waals surface area contributed by atoms with Gasteiger partial charge in [-0.3, -0.25) is 0 Å². The number of hydrogen-bond donors (Lipinski definition) is 2. The number of aromatic nitrogens is 3. The number of hydrogen-bond acceptors (Lipinski definition) is 9. The maximum absolute atomic E-state index is 12.5. The van der Waals surface area contributed by atoms with E-state index in [1.54, 1.807) is 23.9 Å². The van der Waals surface area contributed by atoms with Crippen LogP contribution in [-0.2, 0) is 4.74 Å². The molecule has 0 radical (unpaired) electrons. The number of rotatable bonds is 11. The van der Waals surface area contributed by atoms with E-state index in [-0.39, 0.29) is 5.97 Å². The van der Waals surface area contributed by atoms with Crippen molar-refractivity contribution < 1.29 is 9.53 Å². The predicted octanol–water partition coefficient (Wildman–Crippen LogP) is 13.3. The van der Waals surface area contributed by atoms with Crippen molar-refractivity contribution in [2.24, 2.45) is 0 Å². The summed E-state index contributed by atoms with van der Waals surface area (Å²) in [6.45, 7) is 2.10. The third kappa shape index (κ3) is 7.19. The van der Waals surface area contributed by atoms with E-state index in [2.05, 4.69) is 165 Å². The molecule has 0 unspecified atom stereocenters. The Morgan fingerprint density at radius 1 is 0.508 bits per heavy atom. The highest BCUT2D eigenvalue weighted by molar-refractivity contribution is 8.02. The van der Waals surface area contributed by atoms with Crippen LogP contribution in [-0.4, -0.2) is 27.6 Å². The van der Waals surface area contributed by atoms with Crippen LogP contribution in [0.1, 0.15) is 17.3 Å². The fourth-order valence-corrected chi connectivity index (χ4v) is 8.51. The molecule has 0 fully saturated rings. The summed E-state index contributed by atoms with van der Waals surface area (Å²) in [7, 11) is 0. The lowest BCUT2D eigenvalue weighted by Crippen LogP contribution is -2.09. The molecule has 0 spiro atoms. The number of para-hydroxylation sites is 4. The van der Waals surface area contributed by atoms with Crippen molar-refractivity contribution in [1.29, 1.82) is 0 Å². The van der Waals surface area contributed by atoms with Gasteiger partial charge in [0.15, 0.2) is 0 Å². The van der Waals surface area contributed by atoms with E-state index >= 15 is 0 Å². The number of esters is 1. The minimum Gasteiger partial charge on any atom is -0.462 e. The summed E-state index contributed by atoms with van der Waals surface area (Å²) in [4.78, 5) is 18.7. The zero-order chi connectivity index (χ0) is 41.1. The summed E-state index contributed by atoms with van der Waals surface area (Å²) < 4.78 is 12.4. The van der Waals surface area contributed by atoms with Crippen LogP contribution in [0, 0.1) is 0 Å². The molecule has 0 amide bonds. The minimum absolute atomic E-state index is 0.304. The Hall–Kier alpha value is -7.82. The predicted molar refractivity (Wildman–Crippen MR) is 250 cm³/mol. The van der Waals surface area contributed by atoms with Crippen molar-refractivity contribution in [2.45, 2.75) is 6.92 Å². The lowest BCUT2D eigenvalue weighted by atomic mass is 9.93. The maximum atomic E-state index is 12.5. The summed E-state index contributed by atoms with van der Waals surface area (Å²) in [6, 6.07) is 65.9. The second-order valence-electron chi connectivity index (χ2n) is 14.4. The third-order valence-corrected chi connectivity index (χ3v) is 11.3. The van der Waals surface area contributed by atoms with Crippen LogP contribution < -0.4 is 19.2 Å². The highest BCUT2D eigenvalue weighted by Crippen LogP contribution is 2.52. The molecular formula is C51H39N7O2S. The Balaban J connectivity index is 1.12. The van der Waals surface area contributed by atoms with Crippen molar-refractivity contribution in [3.05, 3.63) is 200 Å². The van der Waals surface area contributed by atoms with Gasteiger partial charge in [0.1, 0.15) is 11.0 Å². The van der Waals surface area contributed by atoms with Crippen molar-refractivity contribution in [1.82, 2.24) is 15.0 Å². The van der Waals surface area contributed by atoms with Gasteiger partial charge in [-0.25, -0.2) is 4.79 Å². The van der Waals surface area contributed by atoms with Crippen molar-refractivity contribution in [3.63, 3.8) is 0 Å². The average molecular weight is 814 g/mol. The number of nitrogens with one attached hydrogen (secondary N) is 2. The number of nitrogens with zero attached hydrogens (tertiary/aromatic N) is 5. The summed E-state index contributed by atoms with van der Waals surface area (Å²) in [5, 5.41) is 10.4. The standard InChI is InChI=1S/C51H39N7O2S/c1-2-60-51(59)37-27-33-44(34-28-37)58-52-47-45(35-23-29-42(30-24-35)56(38-15-7-3-8-16-38)39-17-9-4-10-18-39)49-50(55-61-54-49)46(48(47)53-58)36-25-31-43(32-26-36)57(40-19-11-5-12-20-40)41-21-13-6-14-22-41/h3-34,54-55H,2H2,1H3. The normalized spacial score (nSPS) is 11.7. The SMILES string of the molecule is CCOC(=O)c1ccc(-n2nc3c(-c4ccc(N(c5ccccc5)c5ccccc5)cc4)c4c(c(-c5ccc(N(c6ccccc6)c6ccccc6)cc5)c3n2)NSN4)cc1. The van der Waals surface area contributed by atoms with E-state index in [9.17, 15) is 4.79 Å². The molecule has 10 heteroatoms. The third-order valence-electron chi connectivity index (χ3n) is 10.6. The molecule has 1 aromatic heterocycles. The van der Waals surface area contributed by atoms with Crippen molar-refractivity contribution in [3.8, 4) is 27.9 Å². The molecule has 0 aliphatic carbocycles. The molecule has 2 heterocycles. The number of anilines is 8. The Kier molecular flexibility index (Phi) is 10.1. The molecule has 8 aromatic carbocycles. The molecule has 61 heavy (non-hydrogen) atoms. The van der Waals surface area contributed by atoms with E-state index in [1.165, 1.54) is 12.1 Å². The quantitative estimate of drug-likeness (QED) is 0.0979. The number of fused-ring (bicyclic) bond motifs is 2. The Morgan fingerprint density at radius 3 is 1.23 bits per heavy atom. The van der Waals surface area contributed by atoms with Crippen LogP contribution in [0.2, 0.25) is 0 Å². The molecule has 0 bridgehead atoms. The average Bonchev–Trinajstić information content (AvgIpc) is 3.99. The van der Waals surface area contributed by atoms with E-state index in [0.717, 1.165) is 78.8 Å². The molecule has 0 saturated heterocycles. The van der Waals surface area contributed by atoms with Gasteiger partial charge in [-0.15, -0.1) is 10.2 Å². The van der Waals surface area contributed by atoms with Crippen molar-refractivity contribution in [2.75, 3.05) is 25.9 Å². The van der Waals surface area contributed by atoms with E-state index in [1.807, 2.05) is 36.4 Å².